The van der Waals surface area contributed by atoms with E-state index in [4.69, 9.17) is 4.74 Å². The zero-order valence-electron chi connectivity index (χ0n) is 12.2. The minimum atomic E-state index is -3.42. The molecule has 0 aliphatic carbocycles. The second-order valence-electron chi connectivity index (χ2n) is 5.18. The van der Waals surface area contributed by atoms with Crippen molar-refractivity contribution in [1.29, 1.82) is 0 Å². The average Bonchev–Trinajstić information content (AvgIpc) is 3.06. The molecule has 1 saturated heterocycles. The predicted octanol–water partition coefficient (Wildman–Crippen LogP) is -0.278. The standard InChI is InChI=1S/C13H21N3O4S/c1-20-11-8-12(16(9-11)21(2,18)19)13(17)15-7-5-10-4-3-6-14-10/h3-4,6,11-12,14H,5,7-9H2,1-2H3,(H,15,17)/t11-,12+/m0/s1. The number of carbonyl (C=O) groups excluding carboxylic acids is 1. The van der Waals surface area contributed by atoms with Crippen LogP contribution in [0.5, 0.6) is 0 Å². The third-order valence-corrected chi connectivity index (χ3v) is 4.89. The third-order valence-electron chi connectivity index (χ3n) is 3.64. The summed E-state index contributed by atoms with van der Waals surface area (Å²) < 4.78 is 29.9. The van der Waals surface area contributed by atoms with Crippen LogP contribution in [0.25, 0.3) is 0 Å². The number of ether oxygens (including phenoxy) is 1. The van der Waals surface area contributed by atoms with Crippen LogP contribution >= 0.6 is 0 Å². The van der Waals surface area contributed by atoms with Crippen molar-refractivity contribution >= 4 is 15.9 Å². The van der Waals surface area contributed by atoms with E-state index in [0.717, 1.165) is 11.9 Å². The number of H-pyrrole nitrogens is 1. The number of nitrogens with zero attached hydrogens (tertiary/aromatic N) is 1. The lowest BCUT2D eigenvalue weighted by Gasteiger charge is -2.20. The first-order chi connectivity index (χ1) is 9.91. The van der Waals surface area contributed by atoms with Crippen LogP contribution in [0.1, 0.15) is 12.1 Å². The molecule has 1 amide bonds. The van der Waals surface area contributed by atoms with Crippen LogP contribution in [0, 0.1) is 0 Å². The Morgan fingerprint density at radius 3 is 2.90 bits per heavy atom. The minimum absolute atomic E-state index is 0.226. The predicted molar refractivity (Wildman–Crippen MR) is 78.3 cm³/mol. The van der Waals surface area contributed by atoms with Crippen molar-refractivity contribution in [2.45, 2.75) is 25.0 Å². The Morgan fingerprint density at radius 2 is 2.33 bits per heavy atom. The SMILES string of the molecule is CO[C@H]1C[C@H](C(=O)NCCc2ccc[nH]2)N(S(C)(=O)=O)C1. The molecule has 118 valence electrons. The van der Waals surface area contributed by atoms with Gasteiger partial charge < -0.3 is 15.0 Å². The van der Waals surface area contributed by atoms with Gasteiger partial charge in [0.1, 0.15) is 6.04 Å². The van der Waals surface area contributed by atoms with Crippen LogP contribution in [0.2, 0.25) is 0 Å². The molecule has 1 aliphatic rings. The van der Waals surface area contributed by atoms with Gasteiger partial charge in [-0.2, -0.15) is 4.31 Å². The monoisotopic (exact) mass is 315 g/mol. The Labute approximate surface area is 124 Å². The summed E-state index contributed by atoms with van der Waals surface area (Å²) in [5, 5.41) is 2.79. The quantitative estimate of drug-likeness (QED) is 0.755. The third kappa shape index (κ3) is 4.05. The summed E-state index contributed by atoms with van der Waals surface area (Å²) in [5.41, 5.74) is 1.02. The summed E-state index contributed by atoms with van der Waals surface area (Å²) in [5.74, 6) is -0.272. The topological polar surface area (TPSA) is 91.5 Å². The van der Waals surface area contributed by atoms with Gasteiger partial charge in [0, 0.05) is 44.9 Å². The zero-order valence-corrected chi connectivity index (χ0v) is 13.0. The van der Waals surface area contributed by atoms with Crippen molar-refractivity contribution in [2.75, 3.05) is 26.5 Å². The second-order valence-corrected chi connectivity index (χ2v) is 7.11. The molecule has 0 spiro atoms. The first kappa shape index (κ1) is 16.0. The average molecular weight is 315 g/mol. The molecule has 0 saturated carbocycles. The first-order valence-corrected chi connectivity index (χ1v) is 8.66. The molecule has 2 rings (SSSR count). The lowest BCUT2D eigenvalue weighted by atomic mass is 10.2. The lowest BCUT2D eigenvalue weighted by Crippen LogP contribution is -2.45. The summed E-state index contributed by atoms with van der Waals surface area (Å²) in [6.07, 6.45) is 3.77. The van der Waals surface area contributed by atoms with Crippen LogP contribution in [-0.4, -0.2) is 62.2 Å². The maximum Gasteiger partial charge on any atom is 0.238 e. The second kappa shape index (κ2) is 6.59. The molecule has 8 heteroatoms. The molecular weight excluding hydrogens is 294 g/mol. The fraction of sp³-hybridized carbons (Fsp3) is 0.615. The maximum absolute atomic E-state index is 12.2. The molecule has 0 aromatic carbocycles. The Kier molecular flexibility index (Phi) is 5.02. The minimum Gasteiger partial charge on any atom is -0.380 e. The number of sulfonamides is 1. The first-order valence-electron chi connectivity index (χ1n) is 6.81. The highest BCUT2D eigenvalue weighted by atomic mass is 32.2. The fourth-order valence-corrected chi connectivity index (χ4v) is 3.59. The van der Waals surface area contributed by atoms with Gasteiger partial charge in [0.05, 0.1) is 12.4 Å². The van der Waals surface area contributed by atoms with Gasteiger partial charge >= 0.3 is 0 Å². The smallest absolute Gasteiger partial charge is 0.238 e. The zero-order chi connectivity index (χ0) is 15.5. The number of nitrogens with one attached hydrogen (secondary N) is 2. The Hall–Kier alpha value is -1.38. The highest BCUT2D eigenvalue weighted by molar-refractivity contribution is 7.88. The van der Waals surface area contributed by atoms with E-state index in [-0.39, 0.29) is 18.6 Å². The van der Waals surface area contributed by atoms with E-state index in [9.17, 15) is 13.2 Å². The number of aromatic amines is 1. The van der Waals surface area contributed by atoms with Gasteiger partial charge in [0.25, 0.3) is 0 Å². The Balaban J connectivity index is 1.93. The molecule has 1 aromatic heterocycles. The van der Waals surface area contributed by atoms with Crippen molar-refractivity contribution in [1.82, 2.24) is 14.6 Å². The molecule has 1 aliphatic heterocycles. The molecular formula is C13H21N3O4S. The van der Waals surface area contributed by atoms with Crippen molar-refractivity contribution < 1.29 is 17.9 Å². The van der Waals surface area contributed by atoms with E-state index < -0.39 is 16.1 Å². The molecule has 2 atom stereocenters. The summed E-state index contributed by atoms with van der Waals surface area (Å²) in [6.45, 7) is 0.690. The van der Waals surface area contributed by atoms with Gasteiger partial charge in [-0.15, -0.1) is 0 Å². The normalized spacial score (nSPS) is 23.3. The van der Waals surface area contributed by atoms with Gasteiger partial charge in [-0.3, -0.25) is 4.79 Å². The van der Waals surface area contributed by atoms with Crippen molar-refractivity contribution in [3.05, 3.63) is 24.0 Å². The molecule has 1 fully saturated rings. The molecule has 0 bridgehead atoms. The Morgan fingerprint density at radius 1 is 1.57 bits per heavy atom. The summed E-state index contributed by atoms with van der Waals surface area (Å²) in [7, 11) is -1.90. The molecule has 21 heavy (non-hydrogen) atoms. The Bertz CT molecular complexity index is 570. The number of rotatable bonds is 6. The van der Waals surface area contributed by atoms with Crippen LogP contribution in [-0.2, 0) is 26.0 Å². The molecule has 2 heterocycles. The van der Waals surface area contributed by atoms with E-state index in [1.165, 1.54) is 11.4 Å². The van der Waals surface area contributed by atoms with Crippen LogP contribution in [0.3, 0.4) is 0 Å². The molecule has 1 aromatic rings. The molecule has 2 N–H and O–H groups in total. The van der Waals surface area contributed by atoms with E-state index in [1.54, 1.807) is 0 Å². The highest BCUT2D eigenvalue weighted by Gasteiger charge is 2.41. The highest BCUT2D eigenvalue weighted by Crippen LogP contribution is 2.22. The van der Waals surface area contributed by atoms with Gasteiger partial charge in [-0.05, 0) is 12.1 Å². The van der Waals surface area contributed by atoms with E-state index in [2.05, 4.69) is 10.3 Å². The van der Waals surface area contributed by atoms with Crippen LogP contribution in [0.4, 0.5) is 0 Å². The van der Waals surface area contributed by atoms with Crippen molar-refractivity contribution in [3.63, 3.8) is 0 Å². The van der Waals surface area contributed by atoms with Gasteiger partial charge in [0.2, 0.25) is 15.9 Å². The van der Waals surface area contributed by atoms with Crippen LogP contribution < -0.4 is 5.32 Å². The fourth-order valence-electron chi connectivity index (χ4n) is 2.51. The number of carbonyl (C=O) groups is 1. The number of hydrogen-bond acceptors (Lipinski definition) is 4. The van der Waals surface area contributed by atoms with E-state index in [0.29, 0.717) is 19.4 Å². The van der Waals surface area contributed by atoms with Gasteiger partial charge in [-0.25, -0.2) is 8.42 Å². The lowest BCUT2D eigenvalue weighted by molar-refractivity contribution is -0.124. The molecule has 0 radical (unpaired) electrons. The van der Waals surface area contributed by atoms with Gasteiger partial charge in [0.15, 0.2) is 0 Å². The largest absolute Gasteiger partial charge is 0.380 e. The molecule has 0 unspecified atom stereocenters. The van der Waals surface area contributed by atoms with E-state index >= 15 is 0 Å². The van der Waals surface area contributed by atoms with Crippen LogP contribution in [0.15, 0.2) is 18.3 Å². The van der Waals surface area contributed by atoms with Gasteiger partial charge in [-0.1, -0.05) is 0 Å². The maximum atomic E-state index is 12.2. The number of aromatic nitrogens is 1. The summed E-state index contributed by atoms with van der Waals surface area (Å²) in [4.78, 5) is 15.3. The van der Waals surface area contributed by atoms with E-state index in [1.807, 2.05) is 18.3 Å². The number of amides is 1. The summed E-state index contributed by atoms with van der Waals surface area (Å²) >= 11 is 0. The van der Waals surface area contributed by atoms with Crippen molar-refractivity contribution in [3.8, 4) is 0 Å². The van der Waals surface area contributed by atoms with Crippen molar-refractivity contribution in [2.24, 2.45) is 0 Å². The number of hydrogen-bond donors (Lipinski definition) is 2. The summed E-state index contributed by atoms with van der Waals surface area (Å²) in [6, 6.07) is 3.14. The number of methoxy groups -OCH3 is 1. The molecule has 7 nitrogen and oxygen atoms in total.